The molecule has 0 saturated heterocycles. The van der Waals surface area contributed by atoms with Crippen molar-refractivity contribution in [2.24, 2.45) is 0 Å². The third-order valence-electron chi connectivity index (χ3n) is 9.70. The molecule has 308 valence electrons. The first-order chi connectivity index (χ1) is 24.9. The Morgan fingerprint density at radius 2 is 0.865 bits per heavy atom. The number of ether oxygens (including phenoxy) is 2. The van der Waals surface area contributed by atoms with Gasteiger partial charge in [0, 0.05) is 12.8 Å². The Bertz CT molecular complexity index is 938. The quantitative estimate of drug-likeness (QED) is 0.0238. The lowest BCUT2D eigenvalue weighted by atomic mass is 9.85. The van der Waals surface area contributed by atoms with Crippen LogP contribution in [0.15, 0.2) is 0 Å². The summed E-state index contributed by atoms with van der Waals surface area (Å²) in [5.41, 5.74) is 0. The molecule has 0 radical (unpaired) electrons. The topological polar surface area (TPSA) is 210 Å². The summed E-state index contributed by atoms with van der Waals surface area (Å²) in [6, 6.07) is 0. The van der Waals surface area contributed by atoms with Crippen LogP contribution in [0.1, 0.15) is 174 Å². The molecule has 0 heterocycles. The van der Waals surface area contributed by atoms with Gasteiger partial charge in [0.25, 0.3) is 0 Å². The van der Waals surface area contributed by atoms with Gasteiger partial charge in [-0.3, -0.25) is 18.6 Å². The second-order valence-corrected chi connectivity index (χ2v) is 15.9. The molecule has 1 aliphatic rings. The molecule has 0 aromatic rings. The average molecular weight is 769 g/mol. The van der Waals surface area contributed by atoms with Crippen molar-refractivity contribution < 1.29 is 63.1 Å². The molecule has 0 aliphatic heterocycles. The van der Waals surface area contributed by atoms with Crippen LogP contribution in [0.5, 0.6) is 0 Å². The van der Waals surface area contributed by atoms with E-state index in [4.69, 9.17) is 18.5 Å². The highest BCUT2D eigenvalue weighted by Gasteiger charge is 2.51. The first-order valence-corrected chi connectivity index (χ1v) is 21.8. The molecule has 1 rings (SSSR count). The van der Waals surface area contributed by atoms with E-state index in [2.05, 4.69) is 13.8 Å². The van der Waals surface area contributed by atoms with Crippen LogP contribution in [-0.2, 0) is 32.7 Å². The molecule has 1 saturated carbocycles. The van der Waals surface area contributed by atoms with Crippen LogP contribution in [0.2, 0.25) is 0 Å². The number of phosphoric acid groups is 1. The van der Waals surface area contributed by atoms with E-state index in [0.717, 1.165) is 38.5 Å². The lowest BCUT2D eigenvalue weighted by Gasteiger charge is -2.41. The van der Waals surface area contributed by atoms with Crippen molar-refractivity contribution in [3.8, 4) is 0 Å². The zero-order valence-electron chi connectivity index (χ0n) is 32.1. The molecule has 0 bridgehead atoms. The van der Waals surface area contributed by atoms with Crippen LogP contribution in [0, 0.1) is 0 Å². The van der Waals surface area contributed by atoms with Crippen molar-refractivity contribution in [2.75, 3.05) is 13.2 Å². The zero-order chi connectivity index (χ0) is 38.6. The van der Waals surface area contributed by atoms with Crippen LogP contribution >= 0.6 is 7.82 Å². The van der Waals surface area contributed by atoms with Crippen molar-refractivity contribution >= 4 is 19.8 Å². The summed E-state index contributed by atoms with van der Waals surface area (Å²) in [4.78, 5) is 35.4. The second kappa shape index (κ2) is 30.1. The van der Waals surface area contributed by atoms with E-state index in [9.17, 15) is 44.6 Å². The third-order valence-corrected chi connectivity index (χ3v) is 10.7. The smallest absolute Gasteiger partial charge is 0.462 e. The first-order valence-electron chi connectivity index (χ1n) is 20.3. The monoisotopic (exact) mass is 768 g/mol. The molecule has 52 heavy (non-hydrogen) atoms. The Hall–Kier alpha value is -1.15. The minimum Gasteiger partial charge on any atom is -0.462 e. The molecule has 0 aromatic carbocycles. The SMILES string of the molecule is CCCCCCCCCCCCCCCCC(=O)O[C@H](COC(=O)CCCCCCCCCCC)COP(=O)(O)OC1C(O)C(O)C(O)[C@@H](O)C1O. The van der Waals surface area contributed by atoms with Crippen molar-refractivity contribution in [3.63, 3.8) is 0 Å². The number of esters is 2. The predicted octanol–water partition coefficient (Wildman–Crippen LogP) is 6.55. The van der Waals surface area contributed by atoms with Gasteiger partial charge >= 0.3 is 19.8 Å². The summed E-state index contributed by atoms with van der Waals surface area (Å²) in [6.45, 7) is 3.26. The number of hydrogen-bond acceptors (Lipinski definition) is 12. The van der Waals surface area contributed by atoms with E-state index in [1.165, 1.54) is 96.3 Å². The van der Waals surface area contributed by atoms with Crippen molar-refractivity contribution in [1.29, 1.82) is 0 Å². The molecule has 1 aliphatic carbocycles. The Morgan fingerprint density at radius 1 is 0.519 bits per heavy atom. The maximum atomic E-state index is 12.7. The van der Waals surface area contributed by atoms with Crippen molar-refractivity contribution in [1.82, 2.24) is 0 Å². The minimum absolute atomic E-state index is 0.104. The minimum atomic E-state index is -5.10. The van der Waals surface area contributed by atoms with Gasteiger partial charge in [0.2, 0.25) is 0 Å². The van der Waals surface area contributed by atoms with Crippen LogP contribution in [-0.4, -0.2) is 98.3 Å². The Labute approximate surface area is 312 Å². The van der Waals surface area contributed by atoms with Gasteiger partial charge in [-0.15, -0.1) is 0 Å². The Balaban J connectivity index is 2.51. The number of aliphatic hydroxyl groups excluding tert-OH is 5. The fourth-order valence-electron chi connectivity index (χ4n) is 6.35. The van der Waals surface area contributed by atoms with Gasteiger partial charge in [-0.1, -0.05) is 149 Å². The average Bonchev–Trinajstić information content (AvgIpc) is 3.12. The molecule has 0 amide bonds. The van der Waals surface area contributed by atoms with Crippen LogP contribution < -0.4 is 0 Å². The third kappa shape index (κ3) is 22.9. The normalized spacial score (nSPS) is 23.6. The number of rotatable bonds is 33. The summed E-state index contributed by atoms with van der Waals surface area (Å²) in [5.74, 6) is -1.09. The molecular weight excluding hydrogens is 695 g/mol. The first kappa shape index (κ1) is 48.9. The van der Waals surface area contributed by atoms with Gasteiger partial charge in [-0.2, -0.15) is 0 Å². The van der Waals surface area contributed by atoms with Crippen molar-refractivity contribution in [3.05, 3.63) is 0 Å². The molecule has 14 heteroatoms. The summed E-state index contributed by atoms with van der Waals surface area (Å²) < 4.78 is 33.3. The maximum absolute atomic E-state index is 12.7. The van der Waals surface area contributed by atoms with Crippen molar-refractivity contribution in [2.45, 2.75) is 217 Å². The molecule has 6 unspecified atom stereocenters. The van der Waals surface area contributed by atoms with Crippen LogP contribution in [0.4, 0.5) is 0 Å². The summed E-state index contributed by atoms with van der Waals surface area (Å²) in [7, 11) is -5.10. The molecule has 8 atom stereocenters. The highest BCUT2D eigenvalue weighted by atomic mass is 31.2. The van der Waals surface area contributed by atoms with Gasteiger partial charge < -0.3 is 39.9 Å². The van der Waals surface area contributed by atoms with E-state index >= 15 is 0 Å². The predicted molar refractivity (Wildman–Crippen MR) is 198 cm³/mol. The van der Waals surface area contributed by atoms with Gasteiger partial charge in [-0.25, -0.2) is 4.57 Å². The van der Waals surface area contributed by atoms with E-state index in [1.54, 1.807) is 0 Å². The fourth-order valence-corrected chi connectivity index (χ4v) is 7.32. The molecule has 0 spiro atoms. The fraction of sp³-hybridized carbons (Fsp3) is 0.947. The maximum Gasteiger partial charge on any atom is 0.472 e. The van der Waals surface area contributed by atoms with E-state index in [1.807, 2.05) is 0 Å². The Kier molecular flexibility index (Phi) is 28.3. The number of hydrogen-bond donors (Lipinski definition) is 6. The van der Waals surface area contributed by atoms with E-state index in [-0.39, 0.29) is 12.8 Å². The number of unbranched alkanes of at least 4 members (excludes halogenated alkanes) is 21. The largest absolute Gasteiger partial charge is 0.472 e. The van der Waals surface area contributed by atoms with Crippen LogP contribution in [0.3, 0.4) is 0 Å². The molecule has 6 N–H and O–H groups in total. The Morgan fingerprint density at radius 3 is 1.27 bits per heavy atom. The highest BCUT2D eigenvalue weighted by Crippen LogP contribution is 2.47. The summed E-state index contributed by atoms with van der Waals surface area (Å²) in [5, 5.41) is 49.9. The lowest BCUT2D eigenvalue weighted by Crippen LogP contribution is -2.64. The highest BCUT2D eigenvalue weighted by molar-refractivity contribution is 7.47. The van der Waals surface area contributed by atoms with Gasteiger partial charge in [0.1, 0.15) is 43.2 Å². The lowest BCUT2D eigenvalue weighted by molar-refractivity contribution is -0.220. The van der Waals surface area contributed by atoms with Gasteiger partial charge in [0.15, 0.2) is 6.10 Å². The number of aliphatic hydroxyl groups is 5. The number of carbonyl (C=O) groups is 2. The van der Waals surface area contributed by atoms with Crippen LogP contribution in [0.25, 0.3) is 0 Å². The summed E-state index contributed by atoms with van der Waals surface area (Å²) >= 11 is 0. The molecule has 13 nitrogen and oxygen atoms in total. The molecule has 1 fully saturated rings. The zero-order valence-corrected chi connectivity index (χ0v) is 33.0. The molecule has 0 aromatic heterocycles. The summed E-state index contributed by atoms with van der Waals surface area (Å²) in [6.07, 6.45) is 13.3. The van der Waals surface area contributed by atoms with Gasteiger partial charge in [0.05, 0.1) is 6.61 Å². The van der Waals surface area contributed by atoms with E-state index in [0.29, 0.717) is 12.8 Å². The number of carbonyl (C=O) groups excluding carboxylic acids is 2. The standard InChI is InChI=1S/C38H73O13P/c1-3-5-7-9-11-13-14-15-16-17-19-21-23-25-27-32(40)50-30(28-48-31(39)26-24-22-20-18-12-10-8-6-4-2)29-49-52(46,47)51-38-36(44)34(42)33(41)35(43)37(38)45/h30,33-38,41-45H,3-29H2,1-2H3,(H,46,47)/t30-,33?,34-,35?,36?,37?,38?/m1/s1. The van der Waals surface area contributed by atoms with Gasteiger partial charge in [-0.05, 0) is 12.8 Å². The van der Waals surface area contributed by atoms with E-state index < -0.39 is 75.7 Å². The number of phosphoric ester groups is 1. The molecular formula is C38H73O13P. The second-order valence-electron chi connectivity index (χ2n) is 14.5.